The summed E-state index contributed by atoms with van der Waals surface area (Å²) in [5.74, 6) is 2.12. The maximum atomic E-state index is 13.6. The van der Waals surface area contributed by atoms with Crippen LogP contribution in [0.15, 0.2) is 42.5 Å². The van der Waals surface area contributed by atoms with Gasteiger partial charge in [-0.2, -0.15) is 0 Å². The number of amides is 2. The molecule has 0 radical (unpaired) electrons. The summed E-state index contributed by atoms with van der Waals surface area (Å²) >= 11 is 0. The summed E-state index contributed by atoms with van der Waals surface area (Å²) in [6, 6.07) is 12.9. The van der Waals surface area contributed by atoms with Crippen LogP contribution < -0.4 is 0 Å². The Kier molecular flexibility index (Phi) is 8.33. The number of carbonyl (C=O) groups is 2. The van der Waals surface area contributed by atoms with Crippen LogP contribution in [0.2, 0.25) is 0 Å². The molecule has 2 amide bonds. The average molecular weight is 630 g/mol. The predicted octanol–water partition coefficient (Wildman–Crippen LogP) is 4.55. The van der Waals surface area contributed by atoms with Gasteiger partial charge in [-0.1, -0.05) is 44.2 Å². The van der Waals surface area contributed by atoms with E-state index in [-0.39, 0.29) is 24.0 Å². The summed E-state index contributed by atoms with van der Waals surface area (Å²) in [6.45, 7) is 11.9. The van der Waals surface area contributed by atoms with E-state index in [9.17, 15) is 24.6 Å². The van der Waals surface area contributed by atoms with Crippen LogP contribution in [-0.2, 0) is 27.9 Å². The molecule has 0 bridgehead atoms. The highest BCUT2D eigenvalue weighted by Crippen LogP contribution is 2.49. The minimum absolute atomic E-state index is 0.0115. The number of likely N-dealkylation sites (tertiary alicyclic amines) is 1. The second-order valence-electron chi connectivity index (χ2n) is 15.5. The Bertz CT molecular complexity index is 1550. The number of β-amino-alcohol motifs (C(OH)–C–C–N with tert-alkyl or cyclic N) is 1. The van der Waals surface area contributed by atoms with Gasteiger partial charge < -0.3 is 24.7 Å². The molecule has 2 fully saturated rings. The Hall–Kier alpha value is -3.65. The number of carbonyl (C=O) groups excluding carboxylic acids is 3. The molecule has 46 heavy (non-hydrogen) atoms. The van der Waals surface area contributed by atoms with Crippen molar-refractivity contribution in [3.8, 4) is 0 Å². The topological polar surface area (TPSA) is 111 Å². The first-order chi connectivity index (χ1) is 21.7. The highest BCUT2D eigenvalue weighted by molar-refractivity contribution is 5.96. The van der Waals surface area contributed by atoms with Crippen molar-refractivity contribution >= 4 is 23.6 Å². The van der Waals surface area contributed by atoms with Crippen LogP contribution in [0.4, 0.5) is 4.79 Å². The molecule has 1 saturated carbocycles. The smallest absolute Gasteiger partial charge is 0.410 e. The van der Waals surface area contributed by atoms with Crippen LogP contribution in [0.25, 0.3) is 5.70 Å². The molecule has 2 aromatic carbocycles. The number of hydrogen-bond donors (Lipinski definition) is 2. The second-order valence-corrected chi connectivity index (χ2v) is 15.5. The molecule has 246 valence electrons. The molecule has 2 aromatic rings. The fourth-order valence-corrected chi connectivity index (χ4v) is 8.00. The molecular formula is C37H47N3O6. The standard InChI is InChI=1S/C37H47N3O6/c1-35(2,3)46-34(45)40-20-26-9-7-6-8-24(26)17-30(40)32(43)21-39-23-36(4,5)29-16-25(10-11-28(29)31(39)22-41)33(44)38-14-12-37(13-15-38)18-27(42)19-37/h6-11,16,27,30,32,42-43H,12-15,17-21,23H2,1-5H3/t30-,32+/m1/s1. The molecule has 9 heteroatoms. The Balaban J connectivity index is 1.21. The number of benzene rings is 2. The molecule has 3 heterocycles. The summed E-state index contributed by atoms with van der Waals surface area (Å²) in [6.07, 6.45) is 2.32. The first-order valence-electron chi connectivity index (χ1n) is 16.6. The van der Waals surface area contributed by atoms with Gasteiger partial charge in [-0.05, 0) is 87.1 Å². The minimum atomic E-state index is -0.971. The Morgan fingerprint density at radius 2 is 1.74 bits per heavy atom. The number of aliphatic hydroxyl groups excluding tert-OH is 2. The van der Waals surface area contributed by atoms with E-state index in [1.54, 1.807) is 11.0 Å². The highest BCUT2D eigenvalue weighted by Gasteiger charge is 2.46. The van der Waals surface area contributed by atoms with E-state index < -0.39 is 29.3 Å². The number of hydrogen-bond acceptors (Lipinski definition) is 7. The van der Waals surface area contributed by atoms with Gasteiger partial charge in [0.05, 0.1) is 18.2 Å². The van der Waals surface area contributed by atoms with Crippen LogP contribution in [0.1, 0.15) is 92.9 Å². The van der Waals surface area contributed by atoms with Gasteiger partial charge >= 0.3 is 6.09 Å². The lowest BCUT2D eigenvalue weighted by molar-refractivity contribution is -0.0637. The van der Waals surface area contributed by atoms with Crippen molar-refractivity contribution in [2.45, 2.75) is 103 Å². The van der Waals surface area contributed by atoms with Crippen LogP contribution in [0.5, 0.6) is 0 Å². The van der Waals surface area contributed by atoms with Gasteiger partial charge in [0.25, 0.3) is 5.91 Å². The second kappa shape index (κ2) is 11.9. The van der Waals surface area contributed by atoms with Crippen molar-refractivity contribution < 1.29 is 29.3 Å². The van der Waals surface area contributed by atoms with Gasteiger partial charge in [0, 0.05) is 49.3 Å². The summed E-state index contributed by atoms with van der Waals surface area (Å²) in [5, 5.41) is 21.6. The number of ether oxygens (including phenoxy) is 1. The van der Waals surface area contributed by atoms with Crippen LogP contribution in [0.3, 0.4) is 0 Å². The van der Waals surface area contributed by atoms with Gasteiger partial charge in [-0.3, -0.25) is 9.69 Å². The number of fused-ring (bicyclic) bond motifs is 2. The van der Waals surface area contributed by atoms with Crippen molar-refractivity contribution in [1.82, 2.24) is 14.7 Å². The Morgan fingerprint density at radius 1 is 1.07 bits per heavy atom. The lowest BCUT2D eigenvalue weighted by Crippen LogP contribution is -2.55. The first-order valence-corrected chi connectivity index (χ1v) is 16.6. The van der Waals surface area contributed by atoms with Gasteiger partial charge in [-0.25, -0.2) is 9.59 Å². The fourth-order valence-electron chi connectivity index (χ4n) is 8.00. The van der Waals surface area contributed by atoms with Crippen molar-refractivity contribution in [3.05, 3.63) is 70.3 Å². The van der Waals surface area contributed by atoms with E-state index in [2.05, 4.69) is 19.8 Å². The molecule has 1 spiro atoms. The zero-order valence-electron chi connectivity index (χ0n) is 27.7. The van der Waals surface area contributed by atoms with Crippen LogP contribution in [-0.4, -0.2) is 92.9 Å². The molecular weight excluding hydrogens is 582 g/mol. The van der Waals surface area contributed by atoms with E-state index >= 15 is 0 Å². The Labute approximate surface area is 271 Å². The molecule has 1 saturated heterocycles. The fraction of sp³-hybridized carbons (Fsp3) is 0.568. The first kappa shape index (κ1) is 32.3. The average Bonchev–Trinajstić information content (AvgIpc) is 2.98. The zero-order chi connectivity index (χ0) is 33.0. The van der Waals surface area contributed by atoms with Crippen LogP contribution >= 0.6 is 0 Å². The molecule has 3 aliphatic heterocycles. The summed E-state index contributed by atoms with van der Waals surface area (Å²) < 4.78 is 5.74. The quantitative estimate of drug-likeness (QED) is 0.478. The monoisotopic (exact) mass is 629 g/mol. The van der Waals surface area contributed by atoms with Crippen molar-refractivity contribution in [2.24, 2.45) is 5.41 Å². The SMILES string of the molecule is CC(C)(C)OC(=O)N1Cc2ccccc2C[C@@H]1[C@@H](O)CN1CC(C)(C)c2cc(C(=O)N3CCC4(CC3)CC(O)C4)ccc2C1=C=O. The molecule has 2 atom stereocenters. The van der Waals surface area contributed by atoms with Gasteiger partial charge in [0.2, 0.25) is 0 Å². The summed E-state index contributed by atoms with van der Waals surface area (Å²) in [5.41, 5.74) is 3.71. The minimum Gasteiger partial charge on any atom is -0.444 e. The lowest BCUT2D eigenvalue weighted by atomic mass is 9.61. The number of nitrogens with zero attached hydrogens (tertiary/aromatic N) is 3. The van der Waals surface area contributed by atoms with Gasteiger partial charge in [0.15, 0.2) is 5.94 Å². The Morgan fingerprint density at radius 3 is 2.37 bits per heavy atom. The lowest BCUT2D eigenvalue weighted by Gasteiger charge is -2.50. The number of piperidine rings is 1. The molecule has 4 aliphatic rings. The highest BCUT2D eigenvalue weighted by atomic mass is 16.6. The molecule has 2 N–H and O–H groups in total. The van der Waals surface area contributed by atoms with Crippen molar-refractivity contribution in [2.75, 3.05) is 26.2 Å². The number of rotatable bonds is 4. The summed E-state index contributed by atoms with van der Waals surface area (Å²) in [4.78, 5) is 44.8. The maximum Gasteiger partial charge on any atom is 0.410 e. The zero-order valence-corrected chi connectivity index (χ0v) is 27.7. The third-order valence-corrected chi connectivity index (χ3v) is 10.5. The normalized spacial score (nSPS) is 22.8. The third-order valence-electron chi connectivity index (χ3n) is 10.5. The molecule has 6 rings (SSSR count). The van der Waals surface area contributed by atoms with Crippen molar-refractivity contribution in [1.29, 1.82) is 0 Å². The molecule has 1 aliphatic carbocycles. The molecule has 0 aromatic heterocycles. The van der Waals surface area contributed by atoms with Gasteiger partial charge in [-0.15, -0.1) is 0 Å². The largest absolute Gasteiger partial charge is 0.444 e. The van der Waals surface area contributed by atoms with Crippen molar-refractivity contribution in [3.63, 3.8) is 0 Å². The summed E-state index contributed by atoms with van der Waals surface area (Å²) in [7, 11) is 0. The maximum absolute atomic E-state index is 13.6. The van der Waals surface area contributed by atoms with Crippen LogP contribution in [0, 0.1) is 5.41 Å². The van der Waals surface area contributed by atoms with E-state index in [0.717, 1.165) is 42.4 Å². The third kappa shape index (κ3) is 6.20. The van der Waals surface area contributed by atoms with Gasteiger partial charge in [0.1, 0.15) is 11.3 Å². The molecule has 0 unspecified atom stereocenters. The molecule has 9 nitrogen and oxygen atoms in total. The van der Waals surface area contributed by atoms with E-state index in [4.69, 9.17) is 4.74 Å². The van der Waals surface area contributed by atoms with E-state index in [1.165, 1.54) is 0 Å². The van der Waals surface area contributed by atoms with E-state index in [0.29, 0.717) is 49.4 Å². The predicted molar refractivity (Wildman–Crippen MR) is 175 cm³/mol. The number of aliphatic hydroxyl groups is 2. The van der Waals surface area contributed by atoms with E-state index in [1.807, 2.05) is 67.0 Å².